The predicted octanol–water partition coefficient (Wildman–Crippen LogP) is 3.04. The SMILES string of the molecule is CN(C)c1ccc(C(=O)N2CC3CN(CC[C@H](NC(=O)C4CCOC4)c4ccccc4)CC3C2)cc1. The molecule has 0 spiro atoms. The number of carbonyl (C=O) groups is 2. The number of fused-ring (bicyclic) bond motifs is 1. The lowest BCUT2D eigenvalue weighted by molar-refractivity contribution is -0.125. The van der Waals surface area contributed by atoms with Gasteiger partial charge in [0.2, 0.25) is 5.91 Å². The Hall–Kier alpha value is -2.90. The van der Waals surface area contributed by atoms with E-state index in [1.807, 2.05) is 66.4 Å². The van der Waals surface area contributed by atoms with Crippen LogP contribution in [0.25, 0.3) is 0 Å². The number of hydrogen-bond donors (Lipinski definition) is 1. The molecule has 3 aliphatic rings. The summed E-state index contributed by atoms with van der Waals surface area (Å²) in [4.78, 5) is 32.5. The van der Waals surface area contributed by atoms with Crippen molar-refractivity contribution in [2.75, 3.05) is 64.9 Å². The van der Waals surface area contributed by atoms with Crippen LogP contribution in [0.4, 0.5) is 5.69 Å². The molecule has 1 N–H and O–H groups in total. The van der Waals surface area contributed by atoms with Gasteiger partial charge in [0.1, 0.15) is 0 Å². The minimum absolute atomic E-state index is 0.00274. The van der Waals surface area contributed by atoms with Gasteiger partial charge >= 0.3 is 0 Å². The molecule has 2 aromatic carbocycles. The Bertz CT molecular complexity index is 1020. The molecule has 2 aromatic rings. The van der Waals surface area contributed by atoms with Crippen LogP contribution >= 0.6 is 0 Å². The Labute approximate surface area is 214 Å². The molecule has 7 heteroatoms. The molecule has 0 aliphatic carbocycles. The summed E-state index contributed by atoms with van der Waals surface area (Å²) < 4.78 is 5.42. The molecule has 2 amide bonds. The van der Waals surface area contributed by atoms with Crippen molar-refractivity contribution in [3.63, 3.8) is 0 Å². The molecular weight excluding hydrogens is 452 g/mol. The number of ether oxygens (including phenoxy) is 1. The first-order chi connectivity index (χ1) is 17.5. The summed E-state index contributed by atoms with van der Waals surface area (Å²) in [7, 11) is 4.01. The third kappa shape index (κ3) is 5.57. The van der Waals surface area contributed by atoms with Gasteiger partial charge in [0, 0.05) is 64.7 Å². The fourth-order valence-electron chi connectivity index (χ4n) is 5.87. The third-order valence-electron chi connectivity index (χ3n) is 8.03. The first kappa shape index (κ1) is 24.8. The maximum atomic E-state index is 13.1. The molecule has 192 valence electrons. The summed E-state index contributed by atoms with van der Waals surface area (Å²) in [6.45, 7) is 5.82. The van der Waals surface area contributed by atoms with Gasteiger partial charge in [-0.15, -0.1) is 0 Å². The van der Waals surface area contributed by atoms with Crippen molar-refractivity contribution in [2.45, 2.75) is 18.9 Å². The standard InChI is InChI=1S/C29H38N4O3/c1-31(2)26-10-8-22(9-11-26)29(35)33-18-24-16-32(17-25(24)19-33)14-12-27(21-6-4-3-5-7-21)30-28(34)23-13-15-36-20-23/h3-11,23-25,27H,12-20H2,1-2H3,(H,30,34)/t23?,24?,25?,27-/m0/s1. The van der Waals surface area contributed by atoms with Crippen LogP contribution in [0.3, 0.4) is 0 Å². The third-order valence-corrected chi connectivity index (χ3v) is 8.03. The molecule has 0 aromatic heterocycles. The highest BCUT2D eigenvalue weighted by molar-refractivity contribution is 5.94. The van der Waals surface area contributed by atoms with Crippen LogP contribution in [0, 0.1) is 17.8 Å². The van der Waals surface area contributed by atoms with E-state index in [0.717, 1.165) is 62.4 Å². The van der Waals surface area contributed by atoms with Gasteiger partial charge in [-0.1, -0.05) is 30.3 Å². The van der Waals surface area contributed by atoms with E-state index in [1.165, 1.54) is 0 Å². The Morgan fingerprint density at radius 3 is 2.31 bits per heavy atom. The maximum absolute atomic E-state index is 13.1. The fourth-order valence-corrected chi connectivity index (χ4v) is 5.87. The summed E-state index contributed by atoms with van der Waals surface area (Å²) in [5, 5.41) is 3.30. The largest absolute Gasteiger partial charge is 0.381 e. The van der Waals surface area contributed by atoms with Gasteiger partial charge in [-0.05, 0) is 54.5 Å². The van der Waals surface area contributed by atoms with Gasteiger partial charge < -0.3 is 24.8 Å². The van der Waals surface area contributed by atoms with Crippen LogP contribution in [-0.2, 0) is 9.53 Å². The van der Waals surface area contributed by atoms with Crippen molar-refractivity contribution in [3.8, 4) is 0 Å². The van der Waals surface area contributed by atoms with Crippen molar-refractivity contribution in [1.82, 2.24) is 15.1 Å². The highest BCUT2D eigenvalue weighted by Gasteiger charge is 2.41. The quantitative estimate of drug-likeness (QED) is 0.616. The zero-order valence-electron chi connectivity index (χ0n) is 21.4. The highest BCUT2D eigenvalue weighted by Crippen LogP contribution is 2.33. The normalized spacial score (nSPS) is 24.5. The first-order valence-electron chi connectivity index (χ1n) is 13.2. The number of likely N-dealkylation sites (tertiary alicyclic amines) is 2. The van der Waals surface area contributed by atoms with Crippen molar-refractivity contribution in [1.29, 1.82) is 0 Å². The van der Waals surface area contributed by atoms with Crippen molar-refractivity contribution < 1.29 is 14.3 Å². The van der Waals surface area contributed by atoms with Gasteiger partial charge in [-0.3, -0.25) is 9.59 Å². The molecule has 7 nitrogen and oxygen atoms in total. The fraction of sp³-hybridized carbons (Fsp3) is 0.517. The molecule has 3 heterocycles. The van der Waals surface area contributed by atoms with Gasteiger partial charge in [0.15, 0.2) is 0 Å². The summed E-state index contributed by atoms with van der Waals surface area (Å²) >= 11 is 0. The maximum Gasteiger partial charge on any atom is 0.253 e. The van der Waals surface area contributed by atoms with Crippen LogP contribution < -0.4 is 10.2 Å². The molecule has 3 fully saturated rings. The Kier molecular flexibility index (Phi) is 7.58. The second-order valence-electron chi connectivity index (χ2n) is 10.8. The van der Waals surface area contributed by atoms with E-state index in [1.54, 1.807) is 0 Å². The van der Waals surface area contributed by atoms with Gasteiger partial charge in [0.25, 0.3) is 5.91 Å². The molecule has 5 rings (SSSR count). The highest BCUT2D eigenvalue weighted by atomic mass is 16.5. The van der Waals surface area contributed by atoms with E-state index in [0.29, 0.717) is 25.0 Å². The molecule has 36 heavy (non-hydrogen) atoms. The molecule has 3 saturated heterocycles. The second-order valence-corrected chi connectivity index (χ2v) is 10.8. The number of anilines is 1. The van der Waals surface area contributed by atoms with E-state index >= 15 is 0 Å². The van der Waals surface area contributed by atoms with Crippen molar-refractivity contribution >= 4 is 17.5 Å². The average molecular weight is 491 g/mol. The van der Waals surface area contributed by atoms with E-state index in [2.05, 4.69) is 22.3 Å². The summed E-state index contributed by atoms with van der Waals surface area (Å²) in [5.74, 6) is 1.26. The lowest BCUT2D eigenvalue weighted by Gasteiger charge is -2.25. The Morgan fingerprint density at radius 1 is 1.00 bits per heavy atom. The number of nitrogens with one attached hydrogen (secondary N) is 1. The Morgan fingerprint density at radius 2 is 1.69 bits per heavy atom. The summed E-state index contributed by atoms with van der Waals surface area (Å²) in [6.07, 6.45) is 1.68. The number of benzene rings is 2. The molecule has 3 unspecified atom stereocenters. The van der Waals surface area contributed by atoms with E-state index in [4.69, 9.17) is 4.74 Å². The zero-order valence-corrected chi connectivity index (χ0v) is 21.4. The first-order valence-corrected chi connectivity index (χ1v) is 13.2. The molecular formula is C29H38N4O3. The van der Waals surface area contributed by atoms with E-state index in [9.17, 15) is 9.59 Å². The number of hydrogen-bond acceptors (Lipinski definition) is 5. The molecule has 4 atom stereocenters. The summed E-state index contributed by atoms with van der Waals surface area (Å²) in [5.41, 5.74) is 3.02. The van der Waals surface area contributed by atoms with Crippen LogP contribution in [0.2, 0.25) is 0 Å². The van der Waals surface area contributed by atoms with E-state index in [-0.39, 0.29) is 23.8 Å². The van der Waals surface area contributed by atoms with Crippen LogP contribution in [0.5, 0.6) is 0 Å². The minimum Gasteiger partial charge on any atom is -0.381 e. The smallest absolute Gasteiger partial charge is 0.253 e. The summed E-state index contributed by atoms with van der Waals surface area (Å²) in [6, 6.07) is 18.2. The van der Waals surface area contributed by atoms with Crippen LogP contribution in [0.1, 0.15) is 34.8 Å². The van der Waals surface area contributed by atoms with Crippen molar-refractivity contribution in [3.05, 3.63) is 65.7 Å². The lowest BCUT2D eigenvalue weighted by atomic mass is 10.0. The van der Waals surface area contributed by atoms with Crippen LogP contribution in [0.15, 0.2) is 54.6 Å². The zero-order chi connectivity index (χ0) is 25.1. The molecule has 3 aliphatic heterocycles. The van der Waals surface area contributed by atoms with Gasteiger partial charge in [-0.2, -0.15) is 0 Å². The van der Waals surface area contributed by atoms with Crippen LogP contribution in [-0.4, -0.2) is 81.6 Å². The average Bonchev–Trinajstić information content (AvgIpc) is 3.64. The molecule has 0 radical (unpaired) electrons. The predicted molar refractivity (Wildman–Crippen MR) is 141 cm³/mol. The van der Waals surface area contributed by atoms with Gasteiger partial charge in [-0.25, -0.2) is 0 Å². The van der Waals surface area contributed by atoms with E-state index < -0.39 is 0 Å². The van der Waals surface area contributed by atoms with Crippen molar-refractivity contribution in [2.24, 2.45) is 17.8 Å². The number of carbonyl (C=O) groups excluding carboxylic acids is 2. The second kappa shape index (κ2) is 11.0. The Balaban J connectivity index is 1.14. The number of rotatable bonds is 8. The van der Waals surface area contributed by atoms with Gasteiger partial charge in [0.05, 0.1) is 18.6 Å². The number of amides is 2. The molecule has 0 bridgehead atoms. The minimum atomic E-state index is -0.0371. The molecule has 0 saturated carbocycles. The monoisotopic (exact) mass is 490 g/mol. The lowest BCUT2D eigenvalue weighted by Crippen LogP contribution is -2.37. The topological polar surface area (TPSA) is 65.1 Å². The number of nitrogens with zero attached hydrogens (tertiary/aromatic N) is 3.